The SMILES string of the molecule is COc1ccc(-n2c(Cn3c(=O)sc4ccccc43)nnc2S[C@H](C)c2ccccc2)cc1. The Morgan fingerprint density at radius 3 is 2.45 bits per heavy atom. The van der Waals surface area contributed by atoms with Gasteiger partial charge < -0.3 is 4.74 Å². The molecular weight excluding hydrogens is 452 g/mol. The number of nitrogens with zero attached hydrogens (tertiary/aromatic N) is 4. The quantitative estimate of drug-likeness (QED) is 0.289. The molecule has 33 heavy (non-hydrogen) atoms. The molecule has 166 valence electrons. The van der Waals surface area contributed by atoms with Crippen molar-refractivity contribution in [1.82, 2.24) is 19.3 Å². The van der Waals surface area contributed by atoms with E-state index in [0.29, 0.717) is 12.4 Å². The summed E-state index contributed by atoms with van der Waals surface area (Å²) >= 11 is 2.89. The molecule has 1 atom stereocenters. The average Bonchev–Trinajstić information content (AvgIpc) is 3.40. The highest BCUT2D eigenvalue weighted by Gasteiger charge is 2.20. The van der Waals surface area contributed by atoms with Gasteiger partial charge in [0.05, 0.1) is 23.9 Å². The van der Waals surface area contributed by atoms with E-state index in [2.05, 4.69) is 29.3 Å². The number of thiazole rings is 1. The van der Waals surface area contributed by atoms with Gasteiger partial charge in [-0.2, -0.15) is 0 Å². The number of hydrogen-bond donors (Lipinski definition) is 0. The van der Waals surface area contributed by atoms with Crippen molar-refractivity contribution in [3.8, 4) is 11.4 Å². The molecule has 0 bridgehead atoms. The number of methoxy groups -OCH3 is 1. The van der Waals surface area contributed by atoms with E-state index in [4.69, 9.17) is 4.74 Å². The third-order valence-corrected chi connectivity index (χ3v) is 7.52. The number of thioether (sulfide) groups is 1. The van der Waals surface area contributed by atoms with E-state index < -0.39 is 0 Å². The molecule has 2 aromatic heterocycles. The van der Waals surface area contributed by atoms with Gasteiger partial charge in [0, 0.05) is 10.9 Å². The second-order valence-corrected chi connectivity index (χ2v) is 9.83. The Hall–Kier alpha value is -3.36. The van der Waals surface area contributed by atoms with E-state index in [1.165, 1.54) is 16.9 Å². The van der Waals surface area contributed by atoms with Crippen LogP contribution in [0.5, 0.6) is 5.75 Å². The van der Waals surface area contributed by atoms with Gasteiger partial charge in [-0.25, -0.2) is 0 Å². The molecule has 3 aromatic carbocycles. The molecule has 5 aromatic rings. The van der Waals surface area contributed by atoms with Crippen LogP contribution in [0.1, 0.15) is 23.6 Å². The number of benzene rings is 3. The smallest absolute Gasteiger partial charge is 0.308 e. The first-order valence-corrected chi connectivity index (χ1v) is 12.2. The normalized spacial score (nSPS) is 12.2. The van der Waals surface area contributed by atoms with Gasteiger partial charge in [0.15, 0.2) is 11.0 Å². The molecule has 0 saturated heterocycles. The molecule has 2 heterocycles. The lowest BCUT2D eigenvalue weighted by Crippen LogP contribution is -2.17. The first-order chi connectivity index (χ1) is 16.1. The number of aromatic nitrogens is 4. The lowest BCUT2D eigenvalue weighted by atomic mass is 10.2. The molecule has 0 amide bonds. The van der Waals surface area contributed by atoms with Crippen molar-refractivity contribution >= 4 is 33.3 Å². The summed E-state index contributed by atoms with van der Waals surface area (Å²) in [5.74, 6) is 1.48. The monoisotopic (exact) mass is 474 g/mol. The summed E-state index contributed by atoms with van der Waals surface area (Å²) in [5, 5.41) is 10.00. The van der Waals surface area contributed by atoms with Crippen molar-refractivity contribution in [3.05, 3.63) is 99.9 Å². The largest absolute Gasteiger partial charge is 0.497 e. The molecular formula is C25H22N4O2S2. The molecule has 0 spiro atoms. The number of para-hydroxylation sites is 1. The minimum atomic E-state index is -0.00709. The average molecular weight is 475 g/mol. The third kappa shape index (κ3) is 4.31. The molecule has 6 nitrogen and oxygen atoms in total. The molecule has 0 aliphatic rings. The Morgan fingerprint density at radius 2 is 1.70 bits per heavy atom. The first-order valence-electron chi connectivity index (χ1n) is 10.5. The second kappa shape index (κ2) is 9.25. The van der Waals surface area contributed by atoms with Gasteiger partial charge in [-0.1, -0.05) is 65.6 Å². The lowest BCUT2D eigenvalue weighted by molar-refractivity contribution is 0.414. The fourth-order valence-corrected chi connectivity index (χ4v) is 5.63. The van der Waals surface area contributed by atoms with Crippen molar-refractivity contribution in [2.45, 2.75) is 23.9 Å². The minimum Gasteiger partial charge on any atom is -0.497 e. The van der Waals surface area contributed by atoms with Gasteiger partial charge in [-0.3, -0.25) is 13.9 Å². The fraction of sp³-hybridized carbons (Fsp3) is 0.160. The molecule has 0 saturated carbocycles. The highest BCUT2D eigenvalue weighted by molar-refractivity contribution is 7.99. The van der Waals surface area contributed by atoms with Crippen LogP contribution in [0.25, 0.3) is 15.9 Å². The summed E-state index contributed by atoms with van der Waals surface area (Å²) in [6.45, 7) is 2.49. The van der Waals surface area contributed by atoms with E-state index in [1.54, 1.807) is 23.4 Å². The topological polar surface area (TPSA) is 61.9 Å². The summed E-state index contributed by atoms with van der Waals surface area (Å²) < 4.78 is 10.1. The maximum Gasteiger partial charge on any atom is 0.308 e. The number of rotatable bonds is 7. The van der Waals surface area contributed by atoms with E-state index in [-0.39, 0.29) is 10.1 Å². The Balaban J connectivity index is 1.57. The zero-order valence-corrected chi connectivity index (χ0v) is 19.8. The Morgan fingerprint density at radius 1 is 0.970 bits per heavy atom. The molecule has 8 heteroatoms. The van der Waals surface area contributed by atoms with Gasteiger partial charge in [0.25, 0.3) is 0 Å². The van der Waals surface area contributed by atoms with Gasteiger partial charge in [-0.05, 0) is 48.9 Å². The molecule has 0 aliphatic carbocycles. The Bertz CT molecular complexity index is 1440. The van der Waals surface area contributed by atoms with E-state index >= 15 is 0 Å². The molecule has 0 N–H and O–H groups in total. The van der Waals surface area contributed by atoms with Gasteiger partial charge in [-0.15, -0.1) is 10.2 Å². The van der Waals surface area contributed by atoms with Gasteiger partial charge >= 0.3 is 4.87 Å². The highest BCUT2D eigenvalue weighted by atomic mass is 32.2. The van der Waals surface area contributed by atoms with Gasteiger partial charge in [0.1, 0.15) is 5.75 Å². The van der Waals surface area contributed by atoms with E-state index in [9.17, 15) is 4.79 Å². The molecule has 0 fully saturated rings. The molecule has 0 radical (unpaired) electrons. The summed E-state index contributed by atoms with van der Waals surface area (Å²) in [5.41, 5.74) is 3.04. The Labute approximate surface area is 199 Å². The van der Waals surface area contributed by atoms with Crippen LogP contribution in [0.4, 0.5) is 0 Å². The van der Waals surface area contributed by atoms with Crippen LogP contribution in [0, 0.1) is 0 Å². The van der Waals surface area contributed by atoms with Crippen molar-refractivity contribution < 1.29 is 4.74 Å². The van der Waals surface area contributed by atoms with Crippen molar-refractivity contribution in [1.29, 1.82) is 0 Å². The predicted octanol–water partition coefficient (Wildman–Crippen LogP) is 5.55. The zero-order chi connectivity index (χ0) is 22.8. The van der Waals surface area contributed by atoms with Crippen LogP contribution in [0.2, 0.25) is 0 Å². The second-order valence-electron chi connectivity index (χ2n) is 7.52. The van der Waals surface area contributed by atoms with Crippen LogP contribution in [0.15, 0.2) is 88.8 Å². The van der Waals surface area contributed by atoms with Crippen LogP contribution < -0.4 is 9.61 Å². The highest BCUT2D eigenvalue weighted by Crippen LogP contribution is 2.35. The molecule has 5 rings (SSSR count). The van der Waals surface area contributed by atoms with Crippen molar-refractivity contribution in [2.75, 3.05) is 7.11 Å². The number of fused-ring (bicyclic) bond motifs is 1. The van der Waals surface area contributed by atoms with E-state index in [0.717, 1.165) is 26.8 Å². The standard InChI is InChI=1S/C25H22N4O2S2/c1-17(18-8-4-3-5-9-18)32-24-27-26-23(29(24)19-12-14-20(31-2)15-13-19)16-28-21-10-6-7-11-22(21)33-25(28)30/h3-15,17H,16H2,1-2H3/t17-/m1/s1. The summed E-state index contributed by atoms with van der Waals surface area (Å²) in [6.07, 6.45) is 0. The first kappa shape index (κ1) is 21.5. The lowest BCUT2D eigenvalue weighted by Gasteiger charge is -2.14. The van der Waals surface area contributed by atoms with Crippen LogP contribution in [-0.4, -0.2) is 26.4 Å². The number of ether oxygens (including phenoxy) is 1. The summed E-state index contributed by atoms with van der Waals surface area (Å²) in [4.78, 5) is 12.7. The minimum absolute atomic E-state index is 0.00709. The van der Waals surface area contributed by atoms with Crippen LogP contribution in [0.3, 0.4) is 0 Å². The van der Waals surface area contributed by atoms with Crippen molar-refractivity contribution in [2.24, 2.45) is 0 Å². The molecule has 0 unspecified atom stereocenters. The van der Waals surface area contributed by atoms with Crippen LogP contribution in [-0.2, 0) is 6.54 Å². The summed E-state index contributed by atoms with van der Waals surface area (Å²) in [6, 6.07) is 26.0. The number of hydrogen-bond acceptors (Lipinski definition) is 6. The molecule has 0 aliphatic heterocycles. The maximum atomic E-state index is 12.7. The zero-order valence-electron chi connectivity index (χ0n) is 18.2. The van der Waals surface area contributed by atoms with Crippen LogP contribution >= 0.6 is 23.1 Å². The van der Waals surface area contributed by atoms with E-state index in [1.807, 2.05) is 71.3 Å². The third-order valence-electron chi connectivity index (χ3n) is 5.46. The van der Waals surface area contributed by atoms with Gasteiger partial charge in [0.2, 0.25) is 0 Å². The summed E-state index contributed by atoms with van der Waals surface area (Å²) in [7, 11) is 1.65. The Kier molecular flexibility index (Phi) is 6.02. The maximum absolute atomic E-state index is 12.7. The predicted molar refractivity (Wildman–Crippen MR) is 134 cm³/mol. The van der Waals surface area contributed by atoms with Crippen molar-refractivity contribution in [3.63, 3.8) is 0 Å². The fourth-order valence-electron chi connectivity index (χ4n) is 3.73.